The van der Waals surface area contributed by atoms with Gasteiger partial charge in [-0.15, -0.1) is 11.3 Å². The summed E-state index contributed by atoms with van der Waals surface area (Å²) in [5.74, 6) is 6.98. The van der Waals surface area contributed by atoms with E-state index in [2.05, 4.69) is 59.4 Å². The normalized spacial score (nSPS) is 14.9. The van der Waals surface area contributed by atoms with Crippen molar-refractivity contribution >= 4 is 42.8 Å². The minimum Gasteiger partial charge on any atom is -0.495 e. The Bertz CT molecular complexity index is 1380. The highest BCUT2D eigenvalue weighted by molar-refractivity contribution is 7.89. The maximum Gasteiger partial charge on any atom is 0.238 e. The number of nitrogens with zero attached hydrogens (tertiary/aromatic N) is 1. The number of nitrogens with one attached hydrogen (secondary N) is 2. The molecule has 36 heavy (non-hydrogen) atoms. The van der Waals surface area contributed by atoms with Gasteiger partial charge in [-0.25, -0.2) is 13.6 Å². The first-order valence-electron chi connectivity index (χ1n) is 12.3. The molecule has 4 N–H and O–H groups in total. The van der Waals surface area contributed by atoms with Gasteiger partial charge < -0.3 is 20.3 Å². The number of likely N-dealkylation sites (tertiary alicyclic amines) is 1. The van der Waals surface area contributed by atoms with Crippen LogP contribution in [0, 0.1) is 11.8 Å². The predicted molar refractivity (Wildman–Crippen MR) is 150 cm³/mol. The van der Waals surface area contributed by atoms with Gasteiger partial charge in [0.05, 0.1) is 39.5 Å². The number of piperidine rings is 1. The van der Waals surface area contributed by atoms with Crippen molar-refractivity contribution in [3.63, 3.8) is 0 Å². The number of anilines is 2. The van der Waals surface area contributed by atoms with Crippen LogP contribution in [0.1, 0.15) is 37.1 Å². The van der Waals surface area contributed by atoms with Gasteiger partial charge in [0.1, 0.15) is 5.75 Å². The van der Waals surface area contributed by atoms with Crippen LogP contribution in [-0.2, 0) is 16.4 Å². The average molecular weight is 527 g/mol. The summed E-state index contributed by atoms with van der Waals surface area (Å²) in [6.45, 7) is 8.21. The van der Waals surface area contributed by atoms with E-state index in [0.717, 1.165) is 43.8 Å². The Morgan fingerprint density at radius 2 is 1.94 bits per heavy atom. The van der Waals surface area contributed by atoms with Crippen LogP contribution in [0.4, 0.5) is 11.4 Å². The third-order valence-corrected chi connectivity index (χ3v) is 8.74. The fourth-order valence-electron chi connectivity index (χ4n) is 4.61. The van der Waals surface area contributed by atoms with Crippen LogP contribution in [0.3, 0.4) is 0 Å². The molecule has 7 nitrogen and oxygen atoms in total. The van der Waals surface area contributed by atoms with Crippen molar-refractivity contribution in [1.29, 1.82) is 0 Å². The molecule has 2 heterocycles. The summed E-state index contributed by atoms with van der Waals surface area (Å²) in [6, 6.07) is 11.5. The van der Waals surface area contributed by atoms with Crippen molar-refractivity contribution in [3.05, 3.63) is 46.8 Å². The smallest absolute Gasteiger partial charge is 0.238 e. The number of ether oxygens (including phenoxy) is 1. The van der Waals surface area contributed by atoms with E-state index >= 15 is 0 Å². The lowest BCUT2D eigenvalue weighted by molar-refractivity contribution is 0.229. The minimum atomic E-state index is -3.79. The maximum absolute atomic E-state index is 11.6. The summed E-state index contributed by atoms with van der Waals surface area (Å²) in [6.07, 6.45) is 3.24. The van der Waals surface area contributed by atoms with Crippen LogP contribution in [0.2, 0.25) is 0 Å². The van der Waals surface area contributed by atoms with Gasteiger partial charge in [-0.2, -0.15) is 0 Å². The second-order valence-electron chi connectivity index (χ2n) is 8.86. The van der Waals surface area contributed by atoms with Gasteiger partial charge in [0.15, 0.2) is 0 Å². The first-order valence-corrected chi connectivity index (χ1v) is 14.7. The SMILES string of the molecule is CCc1c(C#CCNc2ccc(S(N)(=O)=O)cc2OC)sc2c(NC3CCN(CC)CC3)cccc12. The molecule has 192 valence electrons. The number of rotatable bonds is 8. The summed E-state index contributed by atoms with van der Waals surface area (Å²) in [7, 11) is -2.30. The molecule has 2 aromatic carbocycles. The second kappa shape index (κ2) is 11.5. The molecule has 1 fully saturated rings. The Morgan fingerprint density at radius 3 is 2.61 bits per heavy atom. The molecule has 0 amide bonds. The van der Waals surface area contributed by atoms with Crippen molar-refractivity contribution in [1.82, 2.24) is 4.90 Å². The molecule has 0 spiro atoms. The Labute approximate surface area is 218 Å². The number of aryl methyl sites for hydroxylation is 1. The van der Waals surface area contributed by atoms with E-state index in [1.165, 1.54) is 40.6 Å². The molecule has 1 aliphatic rings. The number of primary sulfonamides is 1. The van der Waals surface area contributed by atoms with E-state index in [-0.39, 0.29) is 4.90 Å². The first-order chi connectivity index (χ1) is 17.3. The summed E-state index contributed by atoms with van der Waals surface area (Å²) in [5, 5.41) is 13.5. The third kappa shape index (κ3) is 5.95. The Kier molecular flexibility index (Phi) is 8.42. The van der Waals surface area contributed by atoms with Gasteiger partial charge in [-0.1, -0.05) is 37.8 Å². The molecular formula is C27H34N4O3S2. The van der Waals surface area contributed by atoms with Gasteiger partial charge in [0.2, 0.25) is 10.0 Å². The largest absolute Gasteiger partial charge is 0.495 e. The number of nitrogens with two attached hydrogens (primary N) is 1. The van der Waals surface area contributed by atoms with Crippen molar-refractivity contribution in [2.24, 2.45) is 5.14 Å². The van der Waals surface area contributed by atoms with Crippen LogP contribution in [-0.4, -0.2) is 52.6 Å². The third-order valence-electron chi connectivity index (χ3n) is 6.64. The van der Waals surface area contributed by atoms with Gasteiger partial charge in [-0.3, -0.25) is 0 Å². The van der Waals surface area contributed by atoms with E-state index < -0.39 is 10.0 Å². The van der Waals surface area contributed by atoms with Crippen molar-refractivity contribution < 1.29 is 13.2 Å². The molecule has 1 aliphatic heterocycles. The van der Waals surface area contributed by atoms with Gasteiger partial charge in [-0.05, 0) is 55.0 Å². The Balaban J connectivity index is 1.50. The molecular weight excluding hydrogens is 492 g/mol. The van der Waals surface area contributed by atoms with Gasteiger partial charge in [0.25, 0.3) is 0 Å². The first kappa shape index (κ1) is 26.3. The highest BCUT2D eigenvalue weighted by Gasteiger charge is 2.20. The summed E-state index contributed by atoms with van der Waals surface area (Å²) in [5.41, 5.74) is 3.14. The fraction of sp³-hybridized carbons (Fsp3) is 0.407. The molecule has 9 heteroatoms. The highest BCUT2D eigenvalue weighted by Crippen LogP contribution is 2.37. The fourth-order valence-corrected chi connectivity index (χ4v) is 6.38. The molecule has 0 radical (unpaired) electrons. The average Bonchev–Trinajstić information content (AvgIpc) is 3.25. The molecule has 0 atom stereocenters. The molecule has 1 aromatic heterocycles. The van der Waals surface area contributed by atoms with E-state index in [9.17, 15) is 8.42 Å². The van der Waals surface area contributed by atoms with Crippen molar-refractivity contribution in [2.45, 2.75) is 44.0 Å². The number of sulfonamides is 1. The molecule has 0 unspecified atom stereocenters. The quantitative estimate of drug-likeness (QED) is 0.375. The summed E-state index contributed by atoms with van der Waals surface area (Å²) < 4.78 is 29.8. The number of fused-ring (bicyclic) bond motifs is 1. The number of hydrogen-bond acceptors (Lipinski definition) is 7. The lowest BCUT2D eigenvalue weighted by Gasteiger charge is -2.32. The van der Waals surface area contributed by atoms with E-state index in [1.54, 1.807) is 17.4 Å². The van der Waals surface area contributed by atoms with Crippen LogP contribution in [0.15, 0.2) is 41.3 Å². The van der Waals surface area contributed by atoms with Crippen LogP contribution in [0.25, 0.3) is 10.1 Å². The lowest BCUT2D eigenvalue weighted by atomic mass is 10.0. The van der Waals surface area contributed by atoms with E-state index in [4.69, 9.17) is 9.88 Å². The van der Waals surface area contributed by atoms with Crippen LogP contribution in [0.5, 0.6) is 5.75 Å². The molecule has 0 bridgehead atoms. The van der Waals surface area contributed by atoms with Crippen LogP contribution < -0.4 is 20.5 Å². The monoisotopic (exact) mass is 526 g/mol. The van der Waals surface area contributed by atoms with Crippen molar-refractivity contribution in [2.75, 3.05) is 43.9 Å². The standard InChI is InChI=1S/C27H34N4O3S2/c1-4-21-22-8-6-9-24(30-19-13-16-31(5-2)17-14-19)27(22)35-26(21)10-7-15-29-23-12-11-20(36(28,32)33)18-25(23)34-3/h6,8-9,11-12,18-19,29-30H,4-5,13-17H2,1-3H3,(H2,28,32,33). The molecule has 0 aliphatic carbocycles. The number of benzene rings is 2. The summed E-state index contributed by atoms with van der Waals surface area (Å²) >= 11 is 1.75. The zero-order valence-corrected chi connectivity index (χ0v) is 22.7. The molecule has 4 rings (SSSR count). The van der Waals surface area contributed by atoms with E-state index in [0.29, 0.717) is 24.0 Å². The van der Waals surface area contributed by atoms with Crippen LogP contribution >= 0.6 is 11.3 Å². The van der Waals surface area contributed by atoms with Gasteiger partial charge in [0, 0.05) is 25.2 Å². The summed E-state index contributed by atoms with van der Waals surface area (Å²) in [4.78, 5) is 3.60. The van der Waals surface area contributed by atoms with Gasteiger partial charge >= 0.3 is 0 Å². The number of hydrogen-bond donors (Lipinski definition) is 3. The second-order valence-corrected chi connectivity index (χ2v) is 11.4. The molecule has 3 aromatic rings. The highest BCUT2D eigenvalue weighted by atomic mass is 32.2. The maximum atomic E-state index is 11.6. The zero-order chi connectivity index (χ0) is 25.7. The lowest BCUT2D eigenvalue weighted by Crippen LogP contribution is -2.38. The Morgan fingerprint density at radius 1 is 1.17 bits per heavy atom. The Hall–Kier alpha value is -2.77. The number of methoxy groups -OCH3 is 1. The minimum absolute atomic E-state index is 0.00850. The zero-order valence-electron chi connectivity index (χ0n) is 21.1. The molecule has 1 saturated heterocycles. The topological polar surface area (TPSA) is 96.7 Å². The molecule has 0 saturated carbocycles. The van der Waals surface area contributed by atoms with Crippen molar-refractivity contribution in [3.8, 4) is 17.6 Å². The predicted octanol–water partition coefficient (Wildman–Crippen LogP) is 4.48. The van der Waals surface area contributed by atoms with E-state index in [1.807, 2.05) is 0 Å². The number of thiophene rings is 1.